The molecule has 0 saturated heterocycles. The lowest BCUT2D eigenvalue weighted by Crippen LogP contribution is -2.30. The van der Waals surface area contributed by atoms with E-state index in [1.54, 1.807) is 6.07 Å². The van der Waals surface area contributed by atoms with Crippen LogP contribution in [-0.2, 0) is 19.3 Å². The lowest BCUT2D eigenvalue weighted by atomic mass is 9.85. The second-order valence-electron chi connectivity index (χ2n) is 9.95. The van der Waals surface area contributed by atoms with Gasteiger partial charge in [0.2, 0.25) is 0 Å². The fraction of sp³-hybridized carbons (Fsp3) is 0.250. The van der Waals surface area contributed by atoms with Crippen molar-refractivity contribution < 1.29 is 26.3 Å². The second-order valence-corrected chi connectivity index (χ2v) is 9.95. The Labute approximate surface area is 206 Å². The van der Waals surface area contributed by atoms with Crippen LogP contribution < -0.4 is 0 Å². The number of benzene rings is 2. The van der Waals surface area contributed by atoms with Gasteiger partial charge in [-0.05, 0) is 68.4 Å². The summed E-state index contributed by atoms with van der Waals surface area (Å²) in [6.45, 7) is 3.90. The number of nitrogens with zero attached hydrogens (tertiary/aromatic N) is 1. The van der Waals surface area contributed by atoms with Crippen LogP contribution in [0.15, 0.2) is 59.8 Å². The van der Waals surface area contributed by atoms with Crippen LogP contribution in [0.3, 0.4) is 0 Å². The number of alkyl halides is 3. The van der Waals surface area contributed by atoms with E-state index in [9.17, 15) is 21.8 Å². The minimum absolute atomic E-state index is 0.166. The SMILES string of the molecule is Cc1ccc2c(c1)CCC1=C/C(=C(/c3cc4c([nH]3)-c3ccc(C)cc3CC4)C(F)(F)F)[N+]([BH-](F)F)=C12. The van der Waals surface area contributed by atoms with Crippen molar-refractivity contribution in [1.29, 1.82) is 0 Å². The number of aryl methyl sites for hydroxylation is 5. The van der Waals surface area contributed by atoms with Crippen molar-refractivity contribution >= 4 is 18.7 Å². The number of aromatic nitrogens is 1. The predicted octanol–water partition coefficient (Wildman–Crippen LogP) is 6.71. The summed E-state index contributed by atoms with van der Waals surface area (Å²) in [6, 6.07) is 12.9. The van der Waals surface area contributed by atoms with E-state index in [0.29, 0.717) is 40.6 Å². The Bertz CT molecular complexity index is 1520. The summed E-state index contributed by atoms with van der Waals surface area (Å²) in [5.74, 6) is 0. The molecule has 1 N–H and O–H groups in total. The zero-order valence-electron chi connectivity index (χ0n) is 20.0. The van der Waals surface area contributed by atoms with Crippen molar-refractivity contribution in [2.75, 3.05) is 0 Å². The summed E-state index contributed by atoms with van der Waals surface area (Å²) >= 11 is 0. The van der Waals surface area contributed by atoms with E-state index in [-0.39, 0.29) is 11.4 Å². The minimum atomic E-state index is -4.83. The molecule has 0 spiro atoms. The second kappa shape index (κ2) is 8.05. The number of nitrogens with one attached hydrogen (secondary N) is 1. The maximum atomic E-state index is 14.7. The number of fused-ring (bicyclic) bond motifs is 6. The molecule has 36 heavy (non-hydrogen) atoms. The van der Waals surface area contributed by atoms with Crippen LogP contribution in [0.5, 0.6) is 0 Å². The van der Waals surface area contributed by atoms with Gasteiger partial charge in [0.05, 0.1) is 5.69 Å². The number of H-pyrrole nitrogens is 1. The Morgan fingerprint density at radius 2 is 1.44 bits per heavy atom. The standard InChI is InChI=1S/C28H24BF5N2/c1-15-3-9-21-17(11-15)5-7-19-13-23(35-26(19)21)25(28(30,31)32)24-14-20-8-6-18-12-16(2)4-10-22(18)27(20)36(24)29(33)34/h3-4,9-14,29,35H,5-8H2,1-2H3/b25-24+. The highest BCUT2D eigenvalue weighted by Gasteiger charge is 2.46. The van der Waals surface area contributed by atoms with Gasteiger partial charge in [-0.3, -0.25) is 0 Å². The molecule has 2 heterocycles. The molecule has 0 fully saturated rings. The van der Waals surface area contributed by atoms with Gasteiger partial charge in [0.25, 0.3) is 0 Å². The maximum Gasteiger partial charge on any atom is 0.602 e. The van der Waals surface area contributed by atoms with E-state index >= 15 is 0 Å². The average Bonchev–Trinajstić information content (AvgIpc) is 3.39. The third-order valence-electron chi connectivity index (χ3n) is 7.50. The molecular formula is C28H24BF5N2. The molecule has 1 aromatic heterocycles. The van der Waals surface area contributed by atoms with Crippen molar-refractivity contribution in [2.24, 2.45) is 0 Å². The van der Waals surface area contributed by atoms with Crippen molar-refractivity contribution in [3.8, 4) is 11.3 Å². The van der Waals surface area contributed by atoms with Gasteiger partial charge in [-0.15, -0.1) is 0 Å². The highest BCUT2D eigenvalue weighted by molar-refractivity contribution is 6.36. The average molecular weight is 494 g/mol. The largest absolute Gasteiger partial charge is 0.602 e. The summed E-state index contributed by atoms with van der Waals surface area (Å²) in [5, 5.41) is 0. The number of halogens is 5. The van der Waals surface area contributed by atoms with E-state index in [0.717, 1.165) is 39.8 Å². The summed E-state index contributed by atoms with van der Waals surface area (Å²) in [6.07, 6.45) is -1.14. The Morgan fingerprint density at radius 1 is 0.833 bits per heavy atom. The maximum absolute atomic E-state index is 14.7. The molecule has 0 atom stereocenters. The molecule has 8 heteroatoms. The number of aromatic amines is 1. The lowest BCUT2D eigenvalue weighted by molar-refractivity contribution is -0.342. The van der Waals surface area contributed by atoms with Crippen LogP contribution in [-0.4, -0.2) is 28.8 Å². The monoisotopic (exact) mass is 494 g/mol. The van der Waals surface area contributed by atoms with Crippen molar-refractivity contribution in [1.82, 2.24) is 4.98 Å². The molecule has 0 saturated carbocycles. The Balaban J connectivity index is 1.59. The lowest BCUT2D eigenvalue weighted by Gasteiger charge is -2.20. The molecule has 6 rings (SSSR count). The van der Waals surface area contributed by atoms with Crippen LogP contribution in [0.4, 0.5) is 21.8 Å². The number of rotatable bonds is 2. The van der Waals surface area contributed by atoms with Gasteiger partial charge in [0.15, 0.2) is 11.4 Å². The number of hydrogen-bond acceptors (Lipinski definition) is 0. The first-order valence-corrected chi connectivity index (χ1v) is 12.2. The van der Waals surface area contributed by atoms with Gasteiger partial charge in [-0.2, -0.15) is 13.2 Å². The van der Waals surface area contributed by atoms with E-state index in [1.165, 1.54) is 12.1 Å². The topological polar surface area (TPSA) is 18.8 Å². The van der Waals surface area contributed by atoms with Crippen LogP contribution >= 0.6 is 0 Å². The van der Waals surface area contributed by atoms with Gasteiger partial charge < -0.3 is 18.1 Å². The third kappa shape index (κ3) is 3.57. The van der Waals surface area contributed by atoms with Gasteiger partial charge in [-0.25, -0.2) is 0 Å². The summed E-state index contributed by atoms with van der Waals surface area (Å²) in [7, 11) is -4.07. The van der Waals surface area contributed by atoms with Crippen molar-refractivity contribution in [3.05, 3.63) is 98.9 Å². The fourth-order valence-corrected chi connectivity index (χ4v) is 5.95. The Kier molecular flexibility index (Phi) is 5.15. The van der Waals surface area contributed by atoms with E-state index in [2.05, 4.69) is 4.98 Å². The molecule has 0 unspecified atom stereocenters. The van der Waals surface area contributed by atoms with Crippen LogP contribution in [0.1, 0.15) is 45.5 Å². The predicted molar refractivity (Wildman–Crippen MR) is 133 cm³/mol. The Morgan fingerprint density at radius 3 is 2.11 bits per heavy atom. The highest BCUT2D eigenvalue weighted by atomic mass is 19.4. The van der Waals surface area contributed by atoms with Gasteiger partial charge in [0, 0.05) is 28.5 Å². The molecule has 0 bridgehead atoms. The molecule has 0 radical (unpaired) electrons. The van der Waals surface area contributed by atoms with Crippen LogP contribution in [0.25, 0.3) is 16.8 Å². The third-order valence-corrected chi connectivity index (χ3v) is 7.50. The first kappa shape index (κ1) is 23.0. The molecule has 3 aliphatic rings. The van der Waals surface area contributed by atoms with Crippen molar-refractivity contribution in [2.45, 2.75) is 45.7 Å². The minimum Gasteiger partial charge on any atom is -0.415 e. The first-order valence-electron chi connectivity index (χ1n) is 12.2. The molecule has 2 aromatic carbocycles. The molecule has 0 amide bonds. The van der Waals surface area contributed by atoms with Gasteiger partial charge in [0.1, 0.15) is 5.57 Å². The molecule has 1 aliphatic heterocycles. The van der Waals surface area contributed by atoms with Gasteiger partial charge in [-0.1, -0.05) is 41.5 Å². The van der Waals surface area contributed by atoms with E-state index in [1.807, 2.05) is 44.2 Å². The Hall–Kier alpha value is -3.42. The fourth-order valence-electron chi connectivity index (χ4n) is 5.95. The number of allylic oxidation sites excluding steroid dienone is 3. The molecule has 3 aromatic rings. The van der Waals surface area contributed by atoms with Crippen molar-refractivity contribution in [3.63, 3.8) is 0 Å². The smallest absolute Gasteiger partial charge is 0.415 e. The first-order chi connectivity index (χ1) is 17.1. The summed E-state index contributed by atoms with van der Waals surface area (Å²) in [4.78, 5) is 2.98. The van der Waals surface area contributed by atoms with E-state index in [4.69, 9.17) is 0 Å². The summed E-state index contributed by atoms with van der Waals surface area (Å²) < 4.78 is 73.8. The molecule has 2 nitrogen and oxygen atoms in total. The molecular weight excluding hydrogens is 470 g/mol. The zero-order chi connectivity index (χ0) is 25.4. The van der Waals surface area contributed by atoms with Crippen LogP contribution in [0.2, 0.25) is 0 Å². The quantitative estimate of drug-likeness (QED) is 0.302. The normalized spacial score (nSPS) is 18.1. The molecule has 2 aliphatic carbocycles. The summed E-state index contributed by atoms with van der Waals surface area (Å²) in [5.41, 5.74) is 6.01. The van der Waals surface area contributed by atoms with E-state index < -0.39 is 24.8 Å². The van der Waals surface area contributed by atoms with Crippen LogP contribution in [0, 0.1) is 13.8 Å². The van der Waals surface area contributed by atoms with Gasteiger partial charge >= 0.3 is 13.6 Å². The number of hydrogen-bond donors (Lipinski definition) is 1. The molecule has 184 valence electrons. The highest BCUT2D eigenvalue weighted by Crippen LogP contribution is 2.44. The zero-order valence-corrected chi connectivity index (χ0v) is 20.0.